The highest BCUT2D eigenvalue weighted by Crippen LogP contribution is 2.39. The first-order valence-electron chi connectivity index (χ1n) is 6.54. The minimum absolute atomic E-state index is 0.0465. The molecule has 0 atom stereocenters. The number of nitrogen functional groups attached to an aromatic ring is 1. The molecule has 0 amide bonds. The molecular formula is C16H8Cl4F3NO. The van der Waals surface area contributed by atoms with Gasteiger partial charge < -0.3 is 5.73 Å². The fourth-order valence-corrected chi connectivity index (χ4v) is 2.67. The summed E-state index contributed by atoms with van der Waals surface area (Å²) < 4.78 is 40.2. The zero-order valence-corrected chi connectivity index (χ0v) is 15.1. The topological polar surface area (TPSA) is 43.1 Å². The van der Waals surface area contributed by atoms with Crippen molar-refractivity contribution in [2.45, 2.75) is 6.18 Å². The average Bonchev–Trinajstić information content (AvgIpc) is 2.51. The fourth-order valence-electron chi connectivity index (χ4n) is 1.95. The Hall–Kier alpha value is -1.40. The lowest BCUT2D eigenvalue weighted by Gasteiger charge is -2.13. The minimum Gasteiger partial charge on any atom is -0.398 e. The lowest BCUT2D eigenvalue weighted by molar-refractivity contribution is -0.0689. The van der Waals surface area contributed by atoms with Crippen LogP contribution >= 0.6 is 46.4 Å². The van der Waals surface area contributed by atoms with Crippen molar-refractivity contribution in [2.24, 2.45) is 0 Å². The number of rotatable bonds is 3. The summed E-state index contributed by atoms with van der Waals surface area (Å²) in [5.74, 6) is -0.905. The summed E-state index contributed by atoms with van der Waals surface area (Å²) in [7, 11) is 0. The van der Waals surface area contributed by atoms with E-state index in [0.717, 1.165) is 12.1 Å². The van der Waals surface area contributed by atoms with Crippen LogP contribution in [0.5, 0.6) is 0 Å². The van der Waals surface area contributed by atoms with Crippen molar-refractivity contribution in [1.82, 2.24) is 0 Å². The molecule has 2 aromatic rings. The number of hydrogen-bond acceptors (Lipinski definition) is 2. The van der Waals surface area contributed by atoms with E-state index in [0.29, 0.717) is 6.08 Å². The molecule has 0 aliphatic rings. The van der Waals surface area contributed by atoms with Gasteiger partial charge in [-0.3, -0.25) is 4.79 Å². The van der Waals surface area contributed by atoms with Gasteiger partial charge in [0.15, 0.2) is 5.78 Å². The highest BCUT2D eigenvalue weighted by Gasteiger charge is 2.36. The summed E-state index contributed by atoms with van der Waals surface area (Å²) in [6, 6.07) is 5.75. The van der Waals surface area contributed by atoms with Crippen molar-refractivity contribution < 1.29 is 18.0 Å². The maximum Gasteiger partial charge on any atom is 0.417 e. The molecule has 25 heavy (non-hydrogen) atoms. The summed E-state index contributed by atoms with van der Waals surface area (Å²) in [6.45, 7) is 0. The van der Waals surface area contributed by atoms with Crippen molar-refractivity contribution in [2.75, 3.05) is 5.73 Å². The molecule has 9 heteroatoms. The fraction of sp³-hybridized carbons (Fsp3) is 0.0625. The Labute approximate surface area is 160 Å². The van der Waals surface area contributed by atoms with E-state index in [9.17, 15) is 18.0 Å². The molecular weight excluding hydrogens is 421 g/mol. The van der Waals surface area contributed by atoms with Crippen molar-refractivity contribution >= 4 is 63.4 Å². The van der Waals surface area contributed by atoms with Gasteiger partial charge >= 0.3 is 6.18 Å². The molecule has 0 spiro atoms. The van der Waals surface area contributed by atoms with Crippen LogP contribution in [0.4, 0.5) is 18.9 Å². The molecule has 0 heterocycles. The number of carbonyl (C=O) groups is 1. The van der Waals surface area contributed by atoms with Gasteiger partial charge in [0.05, 0.1) is 31.4 Å². The summed E-state index contributed by atoms with van der Waals surface area (Å²) >= 11 is 23.0. The van der Waals surface area contributed by atoms with Crippen LogP contribution in [0.15, 0.2) is 36.4 Å². The van der Waals surface area contributed by atoms with Crippen LogP contribution in [0.1, 0.15) is 15.9 Å². The van der Waals surface area contributed by atoms with Crippen LogP contribution in [0, 0.1) is 0 Å². The van der Waals surface area contributed by atoms with E-state index in [2.05, 4.69) is 0 Å². The molecule has 0 aliphatic carbocycles. The zero-order valence-electron chi connectivity index (χ0n) is 12.1. The molecule has 0 aliphatic heterocycles. The Morgan fingerprint density at radius 3 is 1.96 bits per heavy atom. The third kappa shape index (κ3) is 4.61. The molecule has 132 valence electrons. The van der Waals surface area contributed by atoms with Crippen LogP contribution in [0.3, 0.4) is 0 Å². The van der Waals surface area contributed by atoms with E-state index in [1.165, 1.54) is 18.2 Å². The number of carbonyl (C=O) groups excluding carboxylic acids is 1. The monoisotopic (exact) mass is 427 g/mol. The summed E-state index contributed by atoms with van der Waals surface area (Å²) in [6.07, 6.45) is -4.38. The predicted molar refractivity (Wildman–Crippen MR) is 95.7 cm³/mol. The third-order valence-corrected chi connectivity index (χ3v) is 4.70. The van der Waals surface area contributed by atoms with Crippen molar-refractivity contribution in [3.05, 3.63) is 67.6 Å². The van der Waals surface area contributed by atoms with Crippen molar-refractivity contribution in [3.63, 3.8) is 0 Å². The van der Waals surface area contributed by atoms with Gasteiger partial charge in [0.1, 0.15) is 0 Å². The molecule has 2 rings (SSSR count). The van der Waals surface area contributed by atoms with Crippen LogP contribution in [-0.4, -0.2) is 12.0 Å². The molecule has 0 fully saturated rings. The van der Waals surface area contributed by atoms with E-state index >= 15 is 0 Å². The molecule has 0 bridgehead atoms. The van der Waals surface area contributed by atoms with Crippen LogP contribution < -0.4 is 5.73 Å². The number of allylic oxidation sites excluding steroid dienone is 2. The van der Waals surface area contributed by atoms with Crippen LogP contribution in [0.25, 0.3) is 5.57 Å². The van der Waals surface area contributed by atoms with Gasteiger partial charge in [0, 0.05) is 5.56 Å². The predicted octanol–water partition coefficient (Wildman–Crippen LogP) is 6.71. The number of nitrogens with two attached hydrogens (primary N) is 1. The number of benzene rings is 2. The first-order chi connectivity index (χ1) is 11.5. The zero-order chi connectivity index (χ0) is 18.9. The summed E-state index contributed by atoms with van der Waals surface area (Å²) in [4.78, 5) is 12.2. The van der Waals surface area contributed by atoms with Crippen molar-refractivity contribution in [3.8, 4) is 0 Å². The summed E-state index contributed by atoms with van der Waals surface area (Å²) in [5, 5.41) is -0.219. The molecule has 0 saturated carbocycles. The lowest BCUT2D eigenvalue weighted by atomic mass is 10.0. The Bertz CT molecular complexity index is 855. The number of halogens is 7. The molecule has 0 saturated heterocycles. The number of hydrogen-bond donors (Lipinski definition) is 1. The second kappa shape index (κ2) is 7.46. The summed E-state index contributed by atoms with van der Waals surface area (Å²) in [5.41, 5.74) is 3.99. The molecule has 0 aromatic heterocycles. The van der Waals surface area contributed by atoms with Crippen LogP contribution in [-0.2, 0) is 0 Å². The minimum atomic E-state index is -4.83. The second-order valence-corrected chi connectivity index (χ2v) is 6.51. The van der Waals surface area contributed by atoms with Gasteiger partial charge in [-0.05, 0) is 42.0 Å². The average molecular weight is 429 g/mol. The molecule has 0 unspecified atom stereocenters. The molecule has 2 N–H and O–H groups in total. The standard InChI is InChI=1S/C16H8Cl4F3NO/c17-10-2-1-7(5-13(10)24)14(25)6-9(16(21,22)23)8-3-11(18)15(20)12(19)4-8/h1-6H,24H2/b9-6-. The van der Waals surface area contributed by atoms with E-state index in [1.807, 2.05) is 0 Å². The highest BCUT2D eigenvalue weighted by molar-refractivity contribution is 6.48. The molecule has 2 aromatic carbocycles. The molecule has 0 radical (unpaired) electrons. The Morgan fingerprint density at radius 2 is 1.48 bits per heavy atom. The van der Waals surface area contributed by atoms with E-state index in [4.69, 9.17) is 52.1 Å². The maximum atomic E-state index is 13.4. The quantitative estimate of drug-likeness (QED) is 0.255. The number of alkyl halides is 3. The van der Waals surface area contributed by atoms with Gasteiger partial charge in [-0.2, -0.15) is 13.2 Å². The smallest absolute Gasteiger partial charge is 0.398 e. The van der Waals surface area contributed by atoms with Gasteiger partial charge in [-0.25, -0.2) is 0 Å². The van der Waals surface area contributed by atoms with E-state index in [-0.39, 0.29) is 36.9 Å². The van der Waals surface area contributed by atoms with Gasteiger partial charge in [-0.1, -0.05) is 46.4 Å². The maximum absolute atomic E-state index is 13.4. The highest BCUT2D eigenvalue weighted by atomic mass is 35.5. The largest absolute Gasteiger partial charge is 0.417 e. The SMILES string of the molecule is Nc1cc(C(=O)/C=C(/c2cc(Cl)c(Cl)c(Cl)c2)C(F)(F)F)ccc1Cl. The Kier molecular flexibility index (Phi) is 5.94. The first-order valence-corrected chi connectivity index (χ1v) is 8.05. The van der Waals surface area contributed by atoms with Gasteiger partial charge in [0.2, 0.25) is 0 Å². The molecule has 2 nitrogen and oxygen atoms in total. The van der Waals surface area contributed by atoms with E-state index < -0.39 is 17.5 Å². The van der Waals surface area contributed by atoms with E-state index in [1.54, 1.807) is 0 Å². The van der Waals surface area contributed by atoms with Gasteiger partial charge in [0.25, 0.3) is 0 Å². The van der Waals surface area contributed by atoms with Crippen LogP contribution in [0.2, 0.25) is 20.1 Å². The Balaban J connectivity index is 2.56. The lowest BCUT2D eigenvalue weighted by Crippen LogP contribution is -2.13. The second-order valence-electron chi connectivity index (χ2n) is 4.91. The van der Waals surface area contributed by atoms with Crippen molar-refractivity contribution in [1.29, 1.82) is 0 Å². The number of anilines is 1. The first kappa shape index (κ1) is 19.9. The Morgan fingerprint density at radius 1 is 0.920 bits per heavy atom. The third-order valence-electron chi connectivity index (χ3n) is 3.16. The number of ketones is 1. The van der Waals surface area contributed by atoms with Gasteiger partial charge in [-0.15, -0.1) is 0 Å². The normalized spacial score (nSPS) is 12.4.